The third-order valence-electron chi connectivity index (χ3n) is 4.98. The van der Waals surface area contributed by atoms with Crippen LogP contribution in [0.3, 0.4) is 0 Å². The largest absolute Gasteiger partial charge is 0.648 e. The van der Waals surface area contributed by atoms with Gasteiger partial charge in [0.2, 0.25) is 11.8 Å². The predicted octanol–water partition coefficient (Wildman–Crippen LogP) is 6.49. The van der Waals surface area contributed by atoms with Crippen LogP contribution in [0.15, 0.2) is 103 Å². The van der Waals surface area contributed by atoms with E-state index in [1.165, 1.54) is 4.90 Å². The molecule has 1 aliphatic rings. The van der Waals surface area contributed by atoms with Gasteiger partial charge in [0.05, 0.1) is 6.04 Å². The first-order valence-electron chi connectivity index (χ1n) is 10.4. The number of allylic oxidation sites excluding steroid dienone is 1. The summed E-state index contributed by atoms with van der Waals surface area (Å²) in [5.74, 6) is 0.701. The highest BCUT2D eigenvalue weighted by Gasteiger charge is 2.39. The average molecular weight is 449 g/mol. The SMILES string of the molecule is C[C@H](c1ccccc1)N1C(=O)CCC=C1OP(=O)(Oc1ccccc1)Oc1ccccc1. The van der Waals surface area contributed by atoms with Crippen LogP contribution in [0.25, 0.3) is 0 Å². The molecule has 0 fully saturated rings. The Labute approximate surface area is 187 Å². The van der Waals surface area contributed by atoms with Crippen molar-refractivity contribution < 1.29 is 22.9 Å². The molecule has 32 heavy (non-hydrogen) atoms. The lowest BCUT2D eigenvalue weighted by atomic mass is 10.0. The van der Waals surface area contributed by atoms with E-state index in [9.17, 15) is 9.36 Å². The summed E-state index contributed by atoms with van der Waals surface area (Å²) in [6.07, 6.45) is 2.56. The van der Waals surface area contributed by atoms with Crippen LogP contribution in [0, 0.1) is 0 Å². The second kappa shape index (κ2) is 9.75. The number of carbonyl (C=O) groups is 1. The third kappa shape index (κ3) is 5.21. The maximum Gasteiger partial charge on any atom is 0.648 e. The summed E-state index contributed by atoms with van der Waals surface area (Å²) in [5, 5.41) is 0. The first-order valence-corrected chi connectivity index (χ1v) is 11.9. The van der Waals surface area contributed by atoms with Crippen molar-refractivity contribution in [1.82, 2.24) is 4.90 Å². The van der Waals surface area contributed by atoms with Crippen LogP contribution in [0.2, 0.25) is 0 Å². The van der Waals surface area contributed by atoms with Crippen molar-refractivity contribution in [3.05, 3.63) is 109 Å². The highest BCUT2D eigenvalue weighted by atomic mass is 31.2. The molecule has 3 aromatic rings. The Kier molecular flexibility index (Phi) is 6.62. The lowest BCUT2D eigenvalue weighted by Crippen LogP contribution is -2.36. The molecule has 0 radical (unpaired) electrons. The van der Waals surface area contributed by atoms with Gasteiger partial charge in [-0.3, -0.25) is 9.69 Å². The van der Waals surface area contributed by atoms with Gasteiger partial charge in [0.1, 0.15) is 11.5 Å². The highest BCUT2D eigenvalue weighted by Crippen LogP contribution is 2.52. The minimum atomic E-state index is -4.19. The van der Waals surface area contributed by atoms with Crippen LogP contribution in [0.5, 0.6) is 11.5 Å². The number of nitrogens with zero attached hydrogens (tertiary/aromatic N) is 1. The molecular weight excluding hydrogens is 425 g/mol. The van der Waals surface area contributed by atoms with Crippen LogP contribution in [0.4, 0.5) is 0 Å². The van der Waals surface area contributed by atoms with E-state index in [2.05, 4.69) is 0 Å². The number of phosphoric ester groups is 1. The predicted molar refractivity (Wildman–Crippen MR) is 122 cm³/mol. The molecule has 164 valence electrons. The zero-order valence-corrected chi connectivity index (χ0v) is 18.6. The summed E-state index contributed by atoms with van der Waals surface area (Å²) < 4.78 is 31.1. The van der Waals surface area contributed by atoms with Gasteiger partial charge in [0.25, 0.3) is 0 Å². The van der Waals surface area contributed by atoms with Gasteiger partial charge >= 0.3 is 7.82 Å². The second-order valence-corrected chi connectivity index (χ2v) is 8.72. The zero-order chi connectivity index (χ0) is 22.4. The van der Waals surface area contributed by atoms with Gasteiger partial charge in [-0.15, -0.1) is 0 Å². The van der Waals surface area contributed by atoms with Gasteiger partial charge in [-0.1, -0.05) is 66.7 Å². The summed E-state index contributed by atoms with van der Waals surface area (Å²) in [6.45, 7) is 1.90. The van der Waals surface area contributed by atoms with E-state index in [0.717, 1.165) is 5.56 Å². The average Bonchev–Trinajstić information content (AvgIpc) is 2.80. The Balaban J connectivity index is 1.65. The molecule has 0 bridgehead atoms. The molecule has 0 spiro atoms. The first kappa shape index (κ1) is 21.7. The number of phosphoric acid groups is 1. The maximum atomic E-state index is 13.8. The molecule has 7 heteroatoms. The van der Waals surface area contributed by atoms with Crippen molar-refractivity contribution in [1.29, 1.82) is 0 Å². The van der Waals surface area contributed by atoms with Gasteiger partial charge in [-0.05, 0) is 49.2 Å². The van der Waals surface area contributed by atoms with Crippen LogP contribution in [-0.2, 0) is 13.9 Å². The van der Waals surface area contributed by atoms with E-state index in [1.54, 1.807) is 54.6 Å². The Bertz CT molecular complexity index is 1070. The highest BCUT2D eigenvalue weighted by molar-refractivity contribution is 7.49. The molecular formula is C25H24NO5P. The van der Waals surface area contributed by atoms with E-state index in [1.807, 2.05) is 49.4 Å². The van der Waals surface area contributed by atoms with Crippen LogP contribution < -0.4 is 9.05 Å². The normalized spacial score (nSPS) is 15.0. The summed E-state index contributed by atoms with van der Waals surface area (Å²) in [5.41, 5.74) is 0.931. The smallest absolute Gasteiger partial charge is 0.386 e. The van der Waals surface area contributed by atoms with E-state index >= 15 is 0 Å². The zero-order valence-electron chi connectivity index (χ0n) is 17.7. The molecule has 0 N–H and O–H groups in total. The molecule has 3 aromatic carbocycles. The van der Waals surface area contributed by atoms with Crippen molar-refractivity contribution in [3.63, 3.8) is 0 Å². The molecule has 1 heterocycles. The van der Waals surface area contributed by atoms with Crippen molar-refractivity contribution in [2.24, 2.45) is 0 Å². The summed E-state index contributed by atoms with van der Waals surface area (Å²) in [7, 11) is -4.19. The number of hydrogen-bond donors (Lipinski definition) is 0. The van der Waals surface area contributed by atoms with E-state index in [4.69, 9.17) is 13.6 Å². The molecule has 1 aliphatic heterocycles. The fraction of sp³-hybridized carbons (Fsp3) is 0.160. The standard InChI is InChI=1S/C25H24NO5P/c1-20(21-12-5-2-6-13-21)26-24(27)18-11-19-25(26)31-32(28,29-22-14-7-3-8-15-22)30-23-16-9-4-10-17-23/h2-10,12-17,19-20H,11,18H2,1H3/t20-/m1/s1. The molecule has 4 rings (SSSR count). The number of rotatable bonds is 8. The van der Waals surface area contributed by atoms with Gasteiger partial charge in [0, 0.05) is 6.42 Å². The second-order valence-electron chi connectivity index (χ2n) is 7.28. The summed E-state index contributed by atoms with van der Waals surface area (Å²) in [6, 6.07) is 26.6. The third-order valence-corrected chi connectivity index (χ3v) is 6.26. The molecule has 0 saturated carbocycles. The maximum absolute atomic E-state index is 13.8. The fourth-order valence-electron chi connectivity index (χ4n) is 3.42. The Morgan fingerprint density at radius 2 is 1.28 bits per heavy atom. The number of para-hydroxylation sites is 2. The van der Waals surface area contributed by atoms with Crippen molar-refractivity contribution in [2.45, 2.75) is 25.8 Å². The van der Waals surface area contributed by atoms with Gasteiger partial charge in [-0.2, -0.15) is 4.57 Å². The minimum Gasteiger partial charge on any atom is -0.386 e. The molecule has 0 aromatic heterocycles. The number of benzene rings is 3. The lowest BCUT2D eigenvalue weighted by Gasteiger charge is -2.34. The van der Waals surface area contributed by atoms with E-state index in [0.29, 0.717) is 24.3 Å². The van der Waals surface area contributed by atoms with Gasteiger partial charge in [0.15, 0.2) is 0 Å². The fourth-order valence-corrected chi connectivity index (χ4v) is 4.68. The van der Waals surface area contributed by atoms with Gasteiger partial charge < -0.3 is 13.6 Å². The molecule has 1 atom stereocenters. The molecule has 0 unspecified atom stereocenters. The van der Waals surface area contributed by atoms with Gasteiger partial charge in [-0.25, -0.2) is 0 Å². The number of hydrogen-bond acceptors (Lipinski definition) is 5. The quantitative estimate of drug-likeness (QED) is 0.368. The Morgan fingerprint density at radius 3 is 1.81 bits per heavy atom. The first-order chi connectivity index (χ1) is 15.5. The van der Waals surface area contributed by atoms with E-state index in [-0.39, 0.29) is 17.8 Å². The Hall–Kier alpha value is -3.50. The summed E-state index contributed by atoms with van der Waals surface area (Å²) in [4.78, 5) is 14.4. The minimum absolute atomic E-state index is 0.121. The molecule has 0 saturated heterocycles. The Morgan fingerprint density at radius 1 is 0.781 bits per heavy atom. The number of amides is 1. The summed E-state index contributed by atoms with van der Waals surface area (Å²) >= 11 is 0. The van der Waals surface area contributed by atoms with Crippen LogP contribution >= 0.6 is 7.82 Å². The van der Waals surface area contributed by atoms with Crippen molar-refractivity contribution >= 4 is 13.7 Å². The monoisotopic (exact) mass is 449 g/mol. The van der Waals surface area contributed by atoms with Crippen LogP contribution in [-0.4, -0.2) is 10.8 Å². The van der Waals surface area contributed by atoms with Crippen LogP contribution in [0.1, 0.15) is 31.4 Å². The molecule has 0 aliphatic carbocycles. The lowest BCUT2D eigenvalue weighted by molar-refractivity contribution is -0.133. The number of carbonyl (C=O) groups excluding carboxylic acids is 1. The molecule has 6 nitrogen and oxygen atoms in total. The topological polar surface area (TPSA) is 65.1 Å². The molecule has 1 amide bonds. The van der Waals surface area contributed by atoms with Crippen molar-refractivity contribution in [3.8, 4) is 11.5 Å². The van der Waals surface area contributed by atoms with E-state index < -0.39 is 7.82 Å². The van der Waals surface area contributed by atoms with Crippen molar-refractivity contribution in [2.75, 3.05) is 0 Å².